The maximum absolute atomic E-state index is 11.2. The molecule has 0 bridgehead atoms. The van der Waals surface area contributed by atoms with Gasteiger partial charge in [0.2, 0.25) is 0 Å². The van der Waals surface area contributed by atoms with Crippen LogP contribution in [0.3, 0.4) is 0 Å². The van der Waals surface area contributed by atoms with Gasteiger partial charge in [0.15, 0.2) is 0 Å². The van der Waals surface area contributed by atoms with E-state index in [1.54, 1.807) is 27.7 Å². The van der Waals surface area contributed by atoms with Crippen molar-refractivity contribution < 1.29 is 38.1 Å². The number of hydrogen-bond donors (Lipinski definition) is 0. The van der Waals surface area contributed by atoms with Gasteiger partial charge >= 0.3 is 23.9 Å². The number of likely N-dealkylation sites (N-methyl/N-ethyl adjacent to an activating group) is 1. The summed E-state index contributed by atoms with van der Waals surface area (Å²) in [6.45, 7) is 30.1. The third kappa shape index (κ3) is 60.9. The van der Waals surface area contributed by atoms with E-state index in [0.717, 1.165) is 32.2 Å². The van der Waals surface area contributed by atoms with Crippen LogP contribution in [0.5, 0.6) is 0 Å². The molecular weight excluding hydrogens is 791 g/mol. The summed E-state index contributed by atoms with van der Waals surface area (Å²) in [5.74, 6) is -1.11. The first-order valence-corrected chi connectivity index (χ1v) is 25.0. The van der Waals surface area contributed by atoms with Crippen LogP contribution in [-0.2, 0) is 38.1 Å². The summed E-state index contributed by atoms with van der Waals surface area (Å²) >= 11 is 0. The van der Waals surface area contributed by atoms with Gasteiger partial charge in [0.05, 0.1) is 19.8 Å². The average Bonchev–Trinajstić information content (AvgIpc) is 3.24. The minimum atomic E-state index is -0.313. The summed E-state index contributed by atoms with van der Waals surface area (Å²) in [5.41, 5.74) is 1.90. The fourth-order valence-electron chi connectivity index (χ4n) is 5.69. The van der Waals surface area contributed by atoms with E-state index >= 15 is 0 Å². The number of carbonyl (C=O) groups is 4. The molecular formula is C54H101NO8. The van der Waals surface area contributed by atoms with E-state index in [9.17, 15) is 19.2 Å². The van der Waals surface area contributed by atoms with E-state index in [1.807, 2.05) is 19.0 Å². The molecule has 0 atom stereocenters. The van der Waals surface area contributed by atoms with Crippen LogP contribution in [0, 0.1) is 0 Å². The highest BCUT2D eigenvalue weighted by molar-refractivity contribution is 5.88. The van der Waals surface area contributed by atoms with Gasteiger partial charge in [-0.05, 0) is 61.1 Å². The normalized spacial score (nSPS) is 10.2. The second kappa shape index (κ2) is 53.1. The van der Waals surface area contributed by atoms with E-state index in [1.165, 1.54) is 154 Å². The van der Waals surface area contributed by atoms with Crippen LogP contribution in [0.15, 0.2) is 48.6 Å². The predicted molar refractivity (Wildman–Crippen MR) is 268 cm³/mol. The highest BCUT2D eigenvalue weighted by Crippen LogP contribution is 2.14. The summed E-state index contributed by atoms with van der Waals surface area (Å²) in [4.78, 5) is 45.7. The number of unbranched alkanes of at least 4 members (excludes halogenated alkanes) is 25. The Morgan fingerprint density at radius 2 is 0.508 bits per heavy atom. The molecule has 0 amide bonds. The monoisotopic (exact) mass is 892 g/mol. The van der Waals surface area contributed by atoms with E-state index < -0.39 is 0 Å². The number of esters is 4. The van der Waals surface area contributed by atoms with Crippen molar-refractivity contribution >= 4 is 23.9 Å². The molecule has 0 N–H and O–H groups in total. The Balaban J connectivity index is -0.000000392. The van der Waals surface area contributed by atoms with E-state index in [4.69, 9.17) is 18.9 Å². The molecule has 0 aliphatic carbocycles. The zero-order chi connectivity index (χ0) is 48.4. The zero-order valence-corrected chi connectivity index (χ0v) is 42.9. The second-order valence-corrected chi connectivity index (χ2v) is 17.3. The molecule has 0 unspecified atom stereocenters. The van der Waals surface area contributed by atoms with E-state index in [2.05, 4.69) is 47.1 Å². The molecule has 0 rings (SSSR count). The van der Waals surface area contributed by atoms with Gasteiger partial charge in [-0.25, -0.2) is 19.2 Å². The van der Waals surface area contributed by atoms with Crippen LogP contribution in [0.25, 0.3) is 0 Å². The van der Waals surface area contributed by atoms with Crippen molar-refractivity contribution in [3.63, 3.8) is 0 Å². The average molecular weight is 892 g/mol. The number of nitrogens with zero attached hydrogens (tertiary/aromatic N) is 1. The van der Waals surface area contributed by atoms with E-state index in [0.29, 0.717) is 48.7 Å². The Morgan fingerprint density at radius 1 is 0.317 bits per heavy atom. The lowest BCUT2D eigenvalue weighted by Crippen LogP contribution is -2.20. The molecule has 0 saturated carbocycles. The first kappa shape index (κ1) is 66.4. The van der Waals surface area contributed by atoms with Crippen LogP contribution in [0.2, 0.25) is 0 Å². The first-order chi connectivity index (χ1) is 30.1. The number of ether oxygens (including phenoxy) is 4. The molecule has 63 heavy (non-hydrogen) atoms. The molecule has 0 fully saturated rings. The molecule has 0 aromatic carbocycles. The van der Waals surface area contributed by atoms with Gasteiger partial charge in [-0.15, -0.1) is 0 Å². The standard InChI is InChI=1S/C22H42O2.C16H30O2.C8H15NO2.C8H14O2/c1-4-5-6-7-8-9-10-11-12-13-14-15-16-17-18-19-20-24-22(23)21(2)3;1-4-5-6-7-8-9-10-11-12-13-14-18-16(17)15(2)3;1-7(2)8(10)11-6-5-9(3)4;1-4-5-6-10-8(9)7(2)3/h2,4-20H2,1,3H3;2,4-14H2,1,3H3;1,5-6H2,2-4H3;2,4-6H2,1,3H3. The molecule has 9 nitrogen and oxygen atoms in total. The topological polar surface area (TPSA) is 108 Å². The Kier molecular flexibility index (Phi) is 56.0. The quantitative estimate of drug-likeness (QED) is 0.0259. The van der Waals surface area contributed by atoms with Crippen molar-refractivity contribution in [2.45, 2.75) is 228 Å². The molecule has 0 radical (unpaired) electrons. The summed E-state index contributed by atoms with van der Waals surface area (Å²) < 4.78 is 19.8. The van der Waals surface area contributed by atoms with Crippen molar-refractivity contribution in [3.05, 3.63) is 48.6 Å². The Morgan fingerprint density at radius 3 is 0.714 bits per heavy atom. The van der Waals surface area contributed by atoms with Gasteiger partial charge < -0.3 is 23.8 Å². The molecule has 0 aliphatic heterocycles. The van der Waals surface area contributed by atoms with Gasteiger partial charge in [0.25, 0.3) is 0 Å². The van der Waals surface area contributed by atoms with Crippen molar-refractivity contribution in [2.75, 3.05) is 47.1 Å². The summed E-state index contributed by atoms with van der Waals surface area (Å²) in [6.07, 6.45) is 36.7. The molecule has 9 heteroatoms. The lowest BCUT2D eigenvalue weighted by atomic mass is 10.0. The zero-order valence-electron chi connectivity index (χ0n) is 42.9. The number of rotatable bonds is 38. The minimum absolute atomic E-state index is 0.254. The van der Waals surface area contributed by atoms with Gasteiger partial charge in [-0.3, -0.25) is 0 Å². The van der Waals surface area contributed by atoms with Crippen molar-refractivity contribution in [1.82, 2.24) is 4.90 Å². The third-order valence-corrected chi connectivity index (χ3v) is 9.86. The van der Waals surface area contributed by atoms with Gasteiger partial charge in [0.1, 0.15) is 6.61 Å². The van der Waals surface area contributed by atoms with Crippen LogP contribution >= 0.6 is 0 Å². The highest BCUT2D eigenvalue weighted by Gasteiger charge is 2.04. The maximum atomic E-state index is 11.2. The lowest BCUT2D eigenvalue weighted by Gasteiger charge is -2.09. The van der Waals surface area contributed by atoms with Crippen LogP contribution < -0.4 is 0 Å². The van der Waals surface area contributed by atoms with E-state index in [-0.39, 0.29) is 23.9 Å². The molecule has 0 heterocycles. The third-order valence-electron chi connectivity index (χ3n) is 9.86. The SMILES string of the molecule is C=C(C)C(=O)OCCCC.C=C(C)C(=O)OCCCCCCCCCCCC.C=C(C)C(=O)OCCCCCCCCCCCCCCCCCC.C=C(C)C(=O)OCCN(C)C. The predicted octanol–water partition coefficient (Wildman–Crippen LogP) is 15.0. The Hall–Kier alpha value is -3.20. The molecule has 0 aromatic heterocycles. The molecule has 0 spiro atoms. The summed E-state index contributed by atoms with van der Waals surface area (Å²) in [7, 11) is 3.85. The molecule has 0 aromatic rings. The van der Waals surface area contributed by atoms with Crippen LogP contribution in [0.1, 0.15) is 228 Å². The van der Waals surface area contributed by atoms with Crippen molar-refractivity contribution in [3.8, 4) is 0 Å². The minimum Gasteiger partial charge on any atom is -0.462 e. The van der Waals surface area contributed by atoms with Crippen LogP contribution in [-0.4, -0.2) is 75.8 Å². The van der Waals surface area contributed by atoms with Crippen molar-refractivity contribution in [1.29, 1.82) is 0 Å². The Labute approximate surface area is 389 Å². The summed E-state index contributed by atoms with van der Waals surface area (Å²) in [6, 6.07) is 0. The largest absolute Gasteiger partial charge is 0.462 e. The lowest BCUT2D eigenvalue weighted by molar-refractivity contribution is -0.140. The smallest absolute Gasteiger partial charge is 0.333 e. The fourth-order valence-corrected chi connectivity index (χ4v) is 5.69. The summed E-state index contributed by atoms with van der Waals surface area (Å²) in [5, 5.41) is 0. The Bertz CT molecular complexity index is 1140. The second-order valence-electron chi connectivity index (χ2n) is 17.3. The highest BCUT2D eigenvalue weighted by atomic mass is 16.5. The van der Waals surface area contributed by atoms with Crippen LogP contribution in [0.4, 0.5) is 0 Å². The first-order valence-electron chi connectivity index (χ1n) is 25.0. The van der Waals surface area contributed by atoms with Gasteiger partial charge in [0, 0.05) is 28.8 Å². The molecule has 0 saturated heterocycles. The fraction of sp³-hybridized carbons (Fsp3) is 0.778. The maximum Gasteiger partial charge on any atom is 0.333 e. The number of carbonyl (C=O) groups excluding carboxylic acids is 4. The molecule has 370 valence electrons. The van der Waals surface area contributed by atoms with Gasteiger partial charge in [-0.1, -0.05) is 208 Å². The number of hydrogen-bond acceptors (Lipinski definition) is 9. The molecule has 0 aliphatic rings. The van der Waals surface area contributed by atoms with Crippen molar-refractivity contribution in [2.24, 2.45) is 0 Å². The van der Waals surface area contributed by atoms with Gasteiger partial charge in [-0.2, -0.15) is 0 Å².